The number of hydrogen-bond donors (Lipinski definition) is 1. The fraction of sp³-hybridized carbons (Fsp3) is 0.419. The van der Waals surface area contributed by atoms with Crippen molar-refractivity contribution in [2.45, 2.75) is 66.2 Å². The van der Waals surface area contributed by atoms with Crippen LogP contribution in [0.4, 0.5) is 4.39 Å². The SMILES string of the molecule is CCC1CN(Cc2cc(C(c3ccc4c(nnn4C)c3C)C(C)(C)C(=O)O)ccc2C)Cc2c(ccnc2F)O1. The average molecular weight is 546 g/mol. The molecule has 40 heavy (non-hydrogen) atoms. The summed E-state index contributed by atoms with van der Waals surface area (Å²) in [5, 5.41) is 18.9. The summed E-state index contributed by atoms with van der Waals surface area (Å²) in [6.45, 7) is 11.2. The zero-order valence-electron chi connectivity index (χ0n) is 23.9. The maximum absolute atomic E-state index is 14.7. The van der Waals surface area contributed by atoms with Gasteiger partial charge in [-0.25, -0.2) is 9.67 Å². The summed E-state index contributed by atoms with van der Waals surface area (Å²) in [5.41, 5.74) is 5.90. The van der Waals surface area contributed by atoms with Crippen LogP contribution in [0.1, 0.15) is 66.5 Å². The monoisotopic (exact) mass is 545 g/mol. The minimum Gasteiger partial charge on any atom is -0.489 e. The molecule has 2 aromatic carbocycles. The van der Waals surface area contributed by atoms with Crippen LogP contribution < -0.4 is 4.74 Å². The summed E-state index contributed by atoms with van der Waals surface area (Å²) < 4.78 is 22.6. The van der Waals surface area contributed by atoms with E-state index in [4.69, 9.17) is 4.74 Å². The van der Waals surface area contributed by atoms with Gasteiger partial charge in [-0.2, -0.15) is 4.39 Å². The number of aryl methyl sites for hydroxylation is 3. The quantitative estimate of drug-likeness (QED) is 0.305. The summed E-state index contributed by atoms with van der Waals surface area (Å²) in [6.07, 6.45) is 2.15. The number of carboxylic acids is 1. The number of pyridine rings is 1. The Morgan fingerprint density at radius 1 is 1.23 bits per heavy atom. The van der Waals surface area contributed by atoms with Crippen LogP contribution in [0.15, 0.2) is 42.6 Å². The van der Waals surface area contributed by atoms with Gasteiger partial charge in [0, 0.05) is 38.8 Å². The third-order valence-corrected chi connectivity index (χ3v) is 8.32. The Bertz CT molecular complexity index is 1580. The molecule has 0 aliphatic carbocycles. The minimum atomic E-state index is -1.11. The highest BCUT2D eigenvalue weighted by Gasteiger charge is 2.40. The molecular formula is C31H36FN5O3. The van der Waals surface area contributed by atoms with E-state index in [2.05, 4.69) is 40.1 Å². The Kier molecular flexibility index (Phi) is 7.35. The Hall–Kier alpha value is -3.85. The first-order valence-corrected chi connectivity index (χ1v) is 13.6. The summed E-state index contributed by atoms with van der Waals surface area (Å²) in [4.78, 5) is 18.7. The molecule has 1 aliphatic rings. The topological polar surface area (TPSA) is 93.4 Å². The Labute approximate surface area is 233 Å². The van der Waals surface area contributed by atoms with Crippen LogP contribution in [0.5, 0.6) is 5.75 Å². The zero-order chi connectivity index (χ0) is 28.8. The molecule has 4 aromatic rings. The van der Waals surface area contributed by atoms with Crippen molar-refractivity contribution in [2.24, 2.45) is 12.5 Å². The second kappa shape index (κ2) is 10.6. The normalized spacial score (nSPS) is 16.8. The van der Waals surface area contributed by atoms with Crippen molar-refractivity contribution in [3.05, 3.63) is 81.9 Å². The molecule has 1 N–H and O–H groups in total. The molecule has 8 nitrogen and oxygen atoms in total. The second-order valence-electron chi connectivity index (χ2n) is 11.4. The first-order valence-electron chi connectivity index (χ1n) is 13.6. The molecule has 2 aromatic heterocycles. The van der Waals surface area contributed by atoms with Crippen molar-refractivity contribution in [3.8, 4) is 5.75 Å². The Morgan fingerprint density at radius 3 is 2.73 bits per heavy atom. The van der Waals surface area contributed by atoms with E-state index in [-0.39, 0.29) is 6.10 Å². The van der Waals surface area contributed by atoms with Crippen LogP contribution in [0.3, 0.4) is 0 Å². The summed E-state index contributed by atoms with van der Waals surface area (Å²) in [7, 11) is 1.84. The highest BCUT2D eigenvalue weighted by atomic mass is 19.1. The van der Waals surface area contributed by atoms with Gasteiger partial charge in [0.25, 0.3) is 0 Å². The molecule has 0 saturated carbocycles. The minimum absolute atomic E-state index is 0.0772. The molecule has 0 saturated heterocycles. The third-order valence-electron chi connectivity index (χ3n) is 8.32. The lowest BCUT2D eigenvalue weighted by atomic mass is 9.69. The zero-order valence-corrected chi connectivity index (χ0v) is 23.9. The molecule has 1 aliphatic heterocycles. The van der Waals surface area contributed by atoms with Crippen molar-refractivity contribution in [2.75, 3.05) is 6.54 Å². The third kappa shape index (κ3) is 4.94. The molecule has 0 spiro atoms. The lowest BCUT2D eigenvalue weighted by Gasteiger charge is -2.33. The average Bonchev–Trinajstić information content (AvgIpc) is 3.18. The molecule has 5 rings (SSSR count). The standard InChI is InChI=1S/C31H36FN5O3/c1-7-22-16-37(17-24-26(40-22)12-13-33-29(24)32)15-21-14-20(9-8-18(21)2)27(31(4,5)30(38)39)23-10-11-25-28(19(23)3)34-35-36(25)6/h8-14,22,27H,7,15-17H2,1-6H3,(H,38,39). The molecule has 3 heterocycles. The van der Waals surface area contributed by atoms with Gasteiger partial charge in [0.1, 0.15) is 17.4 Å². The number of fused-ring (bicyclic) bond motifs is 2. The van der Waals surface area contributed by atoms with E-state index in [9.17, 15) is 14.3 Å². The van der Waals surface area contributed by atoms with Crippen LogP contribution in [-0.4, -0.2) is 48.6 Å². The largest absolute Gasteiger partial charge is 0.489 e. The number of hydrogen-bond acceptors (Lipinski definition) is 6. The van der Waals surface area contributed by atoms with E-state index >= 15 is 0 Å². The lowest BCUT2D eigenvalue weighted by molar-refractivity contribution is -0.147. The van der Waals surface area contributed by atoms with Gasteiger partial charge >= 0.3 is 5.97 Å². The van der Waals surface area contributed by atoms with Crippen molar-refractivity contribution < 1.29 is 19.0 Å². The second-order valence-corrected chi connectivity index (χ2v) is 11.4. The molecule has 210 valence electrons. The molecule has 0 radical (unpaired) electrons. The van der Waals surface area contributed by atoms with E-state index in [1.807, 2.05) is 38.2 Å². The van der Waals surface area contributed by atoms with Crippen LogP contribution in [0, 0.1) is 25.2 Å². The maximum Gasteiger partial charge on any atom is 0.310 e. The van der Waals surface area contributed by atoms with Crippen LogP contribution in [0.25, 0.3) is 11.0 Å². The van der Waals surface area contributed by atoms with Gasteiger partial charge < -0.3 is 9.84 Å². The van der Waals surface area contributed by atoms with Gasteiger partial charge in [0.05, 0.1) is 16.5 Å². The summed E-state index contributed by atoms with van der Waals surface area (Å²) in [5.74, 6) is -1.28. The first kappa shape index (κ1) is 27.7. The molecule has 0 amide bonds. The fourth-order valence-corrected chi connectivity index (χ4v) is 5.78. The van der Waals surface area contributed by atoms with Gasteiger partial charge in [-0.05, 0) is 74.1 Å². The molecule has 2 atom stereocenters. The van der Waals surface area contributed by atoms with Gasteiger partial charge in [-0.15, -0.1) is 5.10 Å². The molecule has 2 unspecified atom stereocenters. The van der Waals surface area contributed by atoms with E-state index in [1.54, 1.807) is 24.6 Å². The van der Waals surface area contributed by atoms with Gasteiger partial charge in [0.15, 0.2) is 0 Å². The molecule has 0 fully saturated rings. The van der Waals surface area contributed by atoms with Crippen molar-refractivity contribution in [1.82, 2.24) is 24.9 Å². The van der Waals surface area contributed by atoms with Crippen molar-refractivity contribution in [3.63, 3.8) is 0 Å². The Morgan fingerprint density at radius 2 is 2.00 bits per heavy atom. The first-order chi connectivity index (χ1) is 19.0. The van der Waals surface area contributed by atoms with Crippen LogP contribution >= 0.6 is 0 Å². The maximum atomic E-state index is 14.7. The number of rotatable bonds is 7. The molecular weight excluding hydrogens is 509 g/mol. The number of aromatic nitrogens is 4. The number of ether oxygens (including phenoxy) is 1. The fourth-order valence-electron chi connectivity index (χ4n) is 5.78. The van der Waals surface area contributed by atoms with Gasteiger partial charge in [0.2, 0.25) is 5.95 Å². The highest BCUT2D eigenvalue weighted by Crippen LogP contribution is 2.44. The number of carbonyl (C=O) groups is 1. The predicted octanol–water partition coefficient (Wildman–Crippen LogP) is 5.54. The van der Waals surface area contributed by atoms with Gasteiger partial charge in [-0.3, -0.25) is 9.69 Å². The number of carboxylic acid groups (broad SMARTS) is 1. The van der Waals surface area contributed by atoms with Crippen LogP contribution in [-0.2, 0) is 24.9 Å². The van der Waals surface area contributed by atoms with E-state index in [0.717, 1.165) is 45.3 Å². The highest BCUT2D eigenvalue weighted by molar-refractivity contribution is 5.81. The van der Waals surface area contributed by atoms with E-state index in [0.29, 0.717) is 30.9 Å². The lowest BCUT2D eigenvalue weighted by Crippen LogP contribution is -2.33. The summed E-state index contributed by atoms with van der Waals surface area (Å²) >= 11 is 0. The van der Waals surface area contributed by atoms with Crippen molar-refractivity contribution >= 4 is 17.0 Å². The number of halogens is 1. The van der Waals surface area contributed by atoms with Crippen LogP contribution in [0.2, 0.25) is 0 Å². The van der Waals surface area contributed by atoms with E-state index in [1.165, 1.54) is 6.20 Å². The molecule has 9 heteroatoms. The van der Waals surface area contributed by atoms with E-state index < -0.39 is 23.2 Å². The summed E-state index contributed by atoms with van der Waals surface area (Å²) in [6, 6.07) is 11.9. The predicted molar refractivity (Wildman–Crippen MR) is 151 cm³/mol. The van der Waals surface area contributed by atoms with Crippen molar-refractivity contribution in [1.29, 1.82) is 0 Å². The number of nitrogens with zero attached hydrogens (tertiary/aromatic N) is 5. The smallest absolute Gasteiger partial charge is 0.310 e. The van der Waals surface area contributed by atoms with Gasteiger partial charge in [-0.1, -0.05) is 36.4 Å². The number of benzene rings is 2. The Balaban J connectivity index is 1.57. The molecule has 0 bridgehead atoms. The number of aliphatic carboxylic acids is 1.